The largest absolute Gasteiger partial charge is 0.507 e. The van der Waals surface area contributed by atoms with E-state index in [1.54, 1.807) is 49.6 Å². The molecule has 3 aromatic carbocycles. The number of hydrogen-bond acceptors (Lipinski definition) is 7. The van der Waals surface area contributed by atoms with Crippen LogP contribution in [-0.2, 0) is 16.2 Å². The zero-order valence-electron chi connectivity index (χ0n) is 23.4. The second-order valence-corrected chi connectivity index (χ2v) is 9.43. The lowest BCUT2D eigenvalue weighted by atomic mass is 9.95. The summed E-state index contributed by atoms with van der Waals surface area (Å²) in [4.78, 5) is 30.4. The third-order valence-corrected chi connectivity index (χ3v) is 7.19. The van der Waals surface area contributed by atoms with E-state index < -0.39 is 17.7 Å². The number of carbonyl (C=O) groups excluding carboxylic acids is 2. The molecule has 0 bridgehead atoms. The molecule has 1 aliphatic rings. The van der Waals surface area contributed by atoms with Gasteiger partial charge in [0, 0.05) is 18.7 Å². The molecule has 1 aliphatic heterocycles. The van der Waals surface area contributed by atoms with Gasteiger partial charge in [-0.3, -0.25) is 9.59 Å². The topological polar surface area (TPSA) is 88.5 Å². The molecule has 1 N–H and O–H groups in total. The smallest absolute Gasteiger partial charge is 0.295 e. The molecule has 0 spiro atoms. The van der Waals surface area contributed by atoms with Crippen molar-refractivity contribution in [3.05, 3.63) is 95.1 Å². The number of likely N-dealkylation sites (tertiary alicyclic amines) is 1. The SMILES string of the molecule is CCN(CC)CCN1C(=O)C(=O)/C(=C(/O)c2ccc(OCc3ccccc3)cc2)C1c1ccc(OC)c(OC)c1. The zero-order chi connectivity index (χ0) is 28.6. The van der Waals surface area contributed by atoms with Gasteiger partial charge in [-0.2, -0.15) is 0 Å². The predicted molar refractivity (Wildman–Crippen MR) is 154 cm³/mol. The Hall–Kier alpha value is -4.30. The molecule has 1 amide bonds. The highest BCUT2D eigenvalue weighted by Gasteiger charge is 2.46. The van der Waals surface area contributed by atoms with E-state index in [0.29, 0.717) is 48.1 Å². The maximum absolute atomic E-state index is 13.4. The number of carbonyl (C=O) groups is 2. The Kier molecular flexibility index (Phi) is 9.45. The fraction of sp³-hybridized carbons (Fsp3) is 0.312. The molecular weight excluding hydrogens is 508 g/mol. The van der Waals surface area contributed by atoms with Crippen LogP contribution in [0.1, 0.15) is 36.6 Å². The van der Waals surface area contributed by atoms with Crippen LogP contribution in [-0.4, -0.2) is 67.0 Å². The first-order valence-electron chi connectivity index (χ1n) is 13.4. The standard InChI is InChI=1S/C32H36N2O6/c1-5-33(6-2)18-19-34-29(24-14-17-26(38-3)27(20-24)39-4)28(31(36)32(34)37)30(35)23-12-15-25(16-13-23)40-21-22-10-8-7-9-11-22/h7-17,20,29,35H,5-6,18-19,21H2,1-4H3/b30-28+. The first kappa shape index (κ1) is 28.7. The van der Waals surface area contributed by atoms with Gasteiger partial charge in [-0.1, -0.05) is 50.2 Å². The van der Waals surface area contributed by atoms with E-state index in [1.165, 1.54) is 12.0 Å². The van der Waals surface area contributed by atoms with Crippen molar-refractivity contribution in [3.63, 3.8) is 0 Å². The molecule has 8 heteroatoms. The van der Waals surface area contributed by atoms with E-state index in [2.05, 4.69) is 18.7 Å². The predicted octanol–water partition coefficient (Wildman–Crippen LogP) is 5.05. The average Bonchev–Trinajstić information content (AvgIpc) is 3.25. The Morgan fingerprint density at radius 1 is 0.900 bits per heavy atom. The van der Waals surface area contributed by atoms with Crippen molar-refractivity contribution in [3.8, 4) is 17.2 Å². The van der Waals surface area contributed by atoms with Crippen LogP contribution in [0.25, 0.3) is 5.76 Å². The number of hydrogen-bond donors (Lipinski definition) is 1. The molecule has 1 atom stereocenters. The number of likely N-dealkylation sites (N-methyl/N-ethyl adjacent to an activating group) is 1. The molecule has 1 heterocycles. The van der Waals surface area contributed by atoms with E-state index >= 15 is 0 Å². The van der Waals surface area contributed by atoms with E-state index in [-0.39, 0.29) is 11.3 Å². The number of Topliss-reactive ketones (excluding diaryl/α,β-unsaturated/α-hetero) is 1. The van der Waals surface area contributed by atoms with E-state index in [0.717, 1.165) is 18.7 Å². The highest BCUT2D eigenvalue weighted by atomic mass is 16.5. The van der Waals surface area contributed by atoms with Crippen molar-refractivity contribution in [2.75, 3.05) is 40.4 Å². The van der Waals surface area contributed by atoms with Crippen LogP contribution in [0, 0.1) is 0 Å². The zero-order valence-corrected chi connectivity index (χ0v) is 23.4. The minimum absolute atomic E-state index is 0.0368. The third kappa shape index (κ3) is 6.13. The van der Waals surface area contributed by atoms with E-state index in [9.17, 15) is 14.7 Å². The van der Waals surface area contributed by atoms with Crippen molar-refractivity contribution in [2.45, 2.75) is 26.5 Å². The molecule has 0 radical (unpaired) electrons. The number of benzene rings is 3. The molecular formula is C32H36N2O6. The molecule has 1 fully saturated rings. The molecule has 0 saturated carbocycles. The maximum atomic E-state index is 13.4. The van der Waals surface area contributed by atoms with Crippen LogP contribution in [0.5, 0.6) is 17.2 Å². The van der Waals surface area contributed by atoms with Crippen LogP contribution in [0.4, 0.5) is 0 Å². The molecule has 3 aromatic rings. The van der Waals surface area contributed by atoms with Crippen LogP contribution in [0.3, 0.4) is 0 Å². The number of methoxy groups -OCH3 is 2. The lowest BCUT2D eigenvalue weighted by Crippen LogP contribution is -2.38. The van der Waals surface area contributed by atoms with Gasteiger partial charge >= 0.3 is 0 Å². The van der Waals surface area contributed by atoms with Gasteiger partial charge in [-0.05, 0) is 60.6 Å². The van der Waals surface area contributed by atoms with Crippen molar-refractivity contribution >= 4 is 17.4 Å². The Bertz CT molecular complexity index is 1350. The monoisotopic (exact) mass is 544 g/mol. The van der Waals surface area contributed by atoms with Gasteiger partial charge < -0.3 is 29.1 Å². The normalized spacial score (nSPS) is 16.4. The molecule has 1 unspecified atom stereocenters. The fourth-order valence-electron chi connectivity index (χ4n) is 4.87. The van der Waals surface area contributed by atoms with Crippen molar-refractivity contribution in [1.82, 2.24) is 9.80 Å². The summed E-state index contributed by atoms with van der Waals surface area (Å²) in [6, 6.07) is 21.1. The fourth-order valence-corrected chi connectivity index (χ4v) is 4.87. The first-order chi connectivity index (χ1) is 19.4. The highest BCUT2D eigenvalue weighted by molar-refractivity contribution is 6.46. The molecule has 210 valence electrons. The summed E-state index contributed by atoms with van der Waals surface area (Å²) in [6.07, 6.45) is 0. The summed E-state index contributed by atoms with van der Waals surface area (Å²) in [6.45, 7) is 7.07. The van der Waals surface area contributed by atoms with Gasteiger partial charge in [-0.25, -0.2) is 0 Å². The number of rotatable bonds is 12. The van der Waals surface area contributed by atoms with Gasteiger partial charge in [0.2, 0.25) is 0 Å². The Labute approximate surface area is 235 Å². The third-order valence-electron chi connectivity index (χ3n) is 7.19. The number of nitrogens with zero attached hydrogens (tertiary/aromatic N) is 2. The summed E-state index contributed by atoms with van der Waals surface area (Å²) in [5.74, 6) is 0.0128. The lowest BCUT2D eigenvalue weighted by Gasteiger charge is -2.28. The Morgan fingerprint density at radius 3 is 2.20 bits per heavy atom. The maximum Gasteiger partial charge on any atom is 0.295 e. The second-order valence-electron chi connectivity index (χ2n) is 9.43. The van der Waals surface area contributed by atoms with Crippen molar-refractivity contribution < 1.29 is 28.9 Å². The molecule has 1 saturated heterocycles. The summed E-state index contributed by atoms with van der Waals surface area (Å²) in [5.41, 5.74) is 2.13. The van der Waals surface area contributed by atoms with E-state index in [1.807, 2.05) is 30.3 Å². The van der Waals surface area contributed by atoms with Crippen molar-refractivity contribution in [1.29, 1.82) is 0 Å². The number of ether oxygens (including phenoxy) is 3. The van der Waals surface area contributed by atoms with E-state index in [4.69, 9.17) is 14.2 Å². The quantitative estimate of drug-likeness (QED) is 0.194. The number of amides is 1. The van der Waals surface area contributed by atoms with Gasteiger partial charge in [0.05, 0.1) is 25.8 Å². The van der Waals surface area contributed by atoms with Gasteiger partial charge in [0.1, 0.15) is 18.1 Å². The Balaban J connectivity index is 1.70. The summed E-state index contributed by atoms with van der Waals surface area (Å²) in [5, 5.41) is 11.4. The highest BCUT2D eigenvalue weighted by Crippen LogP contribution is 2.42. The summed E-state index contributed by atoms with van der Waals surface area (Å²) >= 11 is 0. The number of ketones is 1. The van der Waals surface area contributed by atoms with Gasteiger partial charge in [-0.15, -0.1) is 0 Å². The Morgan fingerprint density at radius 2 is 1.57 bits per heavy atom. The molecule has 40 heavy (non-hydrogen) atoms. The number of aliphatic hydroxyl groups excluding tert-OH is 1. The van der Waals surface area contributed by atoms with Gasteiger partial charge in [0.25, 0.3) is 11.7 Å². The molecule has 0 aliphatic carbocycles. The molecule has 4 rings (SSSR count). The van der Waals surface area contributed by atoms with Gasteiger partial charge in [0.15, 0.2) is 11.5 Å². The van der Waals surface area contributed by atoms with Crippen LogP contribution >= 0.6 is 0 Å². The lowest BCUT2D eigenvalue weighted by molar-refractivity contribution is -0.140. The number of aliphatic hydroxyl groups is 1. The minimum atomic E-state index is -0.788. The van der Waals surface area contributed by atoms with Crippen LogP contribution < -0.4 is 14.2 Å². The van der Waals surface area contributed by atoms with Crippen LogP contribution in [0.15, 0.2) is 78.4 Å². The first-order valence-corrected chi connectivity index (χ1v) is 13.4. The average molecular weight is 545 g/mol. The minimum Gasteiger partial charge on any atom is -0.507 e. The summed E-state index contributed by atoms with van der Waals surface area (Å²) in [7, 11) is 3.07. The molecule has 0 aromatic heterocycles. The van der Waals surface area contributed by atoms with Crippen molar-refractivity contribution in [2.24, 2.45) is 0 Å². The molecule has 8 nitrogen and oxygen atoms in total. The second kappa shape index (κ2) is 13.2. The summed E-state index contributed by atoms with van der Waals surface area (Å²) < 4.78 is 16.7. The van der Waals surface area contributed by atoms with Crippen LogP contribution in [0.2, 0.25) is 0 Å².